The molecule has 0 amide bonds. The van der Waals surface area contributed by atoms with Gasteiger partial charge in [0.2, 0.25) is 0 Å². The van der Waals surface area contributed by atoms with Gasteiger partial charge in [0.15, 0.2) is 0 Å². The molecule has 200 valence electrons. The zero-order valence-electron chi connectivity index (χ0n) is 22.2. The maximum absolute atomic E-state index is 8.36. The number of nitrogen functional groups attached to an aromatic ring is 1. The van der Waals surface area contributed by atoms with E-state index in [4.69, 9.17) is 32.2 Å². The number of nitrogens with zero attached hydrogens (tertiary/aromatic N) is 4. The number of pyridine rings is 1. The minimum Gasteiger partial charge on any atom is -0.483 e. The molecule has 1 aromatic heterocycles. The van der Waals surface area contributed by atoms with Crippen molar-refractivity contribution >= 4 is 47.2 Å². The molecule has 2 aliphatic heterocycles. The minimum absolute atomic E-state index is 0.109. The largest absolute Gasteiger partial charge is 0.483 e. The van der Waals surface area contributed by atoms with Gasteiger partial charge in [0, 0.05) is 43.2 Å². The fourth-order valence-corrected chi connectivity index (χ4v) is 5.81. The third-order valence-corrected chi connectivity index (χ3v) is 7.80. The van der Waals surface area contributed by atoms with Crippen molar-refractivity contribution in [1.82, 2.24) is 10.4 Å². The van der Waals surface area contributed by atoms with Crippen LogP contribution in [-0.2, 0) is 4.79 Å². The topological polar surface area (TPSA) is 107 Å². The third kappa shape index (κ3) is 5.06. The minimum atomic E-state index is -0.250. The lowest BCUT2D eigenvalue weighted by Gasteiger charge is -2.24. The molecule has 8 nitrogen and oxygen atoms in total. The third-order valence-electron chi connectivity index (χ3n) is 7.49. The Balaban J connectivity index is 0.000000630. The number of aliphatic imine (C=N–C) groups is 1. The normalized spacial score (nSPS) is 22.7. The molecule has 0 radical (unpaired) electrons. The first-order chi connectivity index (χ1) is 18.5. The van der Waals surface area contributed by atoms with Gasteiger partial charge in [-0.2, -0.15) is 0 Å². The highest BCUT2D eigenvalue weighted by molar-refractivity contribution is 6.33. The van der Waals surface area contributed by atoms with E-state index in [-0.39, 0.29) is 12.5 Å². The molecule has 3 unspecified atom stereocenters. The number of hydrogen-bond donors (Lipinski definition) is 3. The summed E-state index contributed by atoms with van der Waals surface area (Å²) in [6.07, 6.45) is 3.75. The summed E-state index contributed by atoms with van der Waals surface area (Å²) >= 11 is 6.71. The molecule has 3 heterocycles. The van der Waals surface area contributed by atoms with Crippen molar-refractivity contribution < 1.29 is 9.90 Å². The first-order valence-electron chi connectivity index (χ1n) is 12.9. The summed E-state index contributed by atoms with van der Waals surface area (Å²) in [5.74, 6) is 3.61. The Kier molecular flexibility index (Phi) is 8.54. The number of anilines is 4. The van der Waals surface area contributed by atoms with Gasteiger partial charge < -0.3 is 15.7 Å². The molecule has 3 aromatic rings. The van der Waals surface area contributed by atoms with Crippen LogP contribution in [0.15, 0.2) is 59.7 Å². The Labute approximate surface area is 229 Å². The van der Waals surface area contributed by atoms with Crippen molar-refractivity contribution in [2.24, 2.45) is 22.7 Å². The number of hydrazine groups is 1. The van der Waals surface area contributed by atoms with Gasteiger partial charge in [-0.1, -0.05) is 56.6 Å². The molecular weight excluding hydrogens is 500 g/mol. The molecule has 2 aromatic carbocycles. The lowest BCUT2D eigenvalue weighted by molar-refractivity contribution is -0.122. The number of hydrogen-bond acceptors (Lipinski definition) is 7. The molecule has 1 saturated heterocycles. The van der Waals surface area contributed by atoms with Crippen molar-refractivity contribution in [2.45, 2.75) is 26.8 Å². The van der Waals surface area contributed by atoms with Gasteiger partial charge in [0.1, 0.15) is 5.82 Å². The monoisotopic (exact) mass is 534 g/mol. The molecule has 6 rings (SSSR count). The smallest absolute Gasteiger partial charge is 0.290 e. The quantitative estimate of drug-likeness (QED) is 0.229. The van der Waals surface area contributed by atoms with E-state index in [9.17, 15) is 0 Å². The summed E-state index contributed by atoms with van der Waals surface area (Å²) in [7, 11) is 1.76. The van der Waals surface area contributed by atoms with Crippen molar-refractivity contribution in [3.8, 4) is 0 Å². The van der Waals surface area contributed by atoms with Crippen LogP contribution in [0, 0.1) is 17.8 Å². The van der Waals surface area contributed by atoms with E-state index in [1.165, 1.54) is 0 Å². The molecule has 0 spiro atoms. The number of halogens is 1. The van der Waals surface area contributed by atoms with Crippen LogP contribution in [-0.4, -0.2) is 42.9 Å². The summed E-state index contributed by atoms with van der Waals surface area (Å²) in [6.45, 7) is 8.35. The van der Waals surface area contributed by atoms with E-state index in [2.05, 4.69) is 46.5 Å². The lowest BCUT2D eigenvalue weighted by atomic mass is 9.94. The number of aromatic nitrogens is 1. The first kappa shape index (κ1) is 27.4. The van der Waals surface area contributed by atoms with Gasteiger partial charge >= 0.3 is 0 Å². The number of fused-ring (bicyclic) bond motifs is 2. The van der Waals surface area contributed by atoms with Crippen LogP contribution in [0.5, 0.6) is 0 Å². The standard InChI is InChI=1S/C26H27ClN6.C2H6.CH2O2/c1-15-20-13-32(14-21(15)20)24-10-9-16(11-30-24)33-26-18(6-3-7-22(26)27)25(31-33)17-5-4-8-23(28)19(17)12-29-2;1-2;2-1-3/h3-12,15,20-21,25,31H,13-14,28H2,1-2H3;1-2H3;1H,(H,2,3). The average molecular weight is 535 g/mol. The summed E-state index contributed by atoms with van der Waals surface area (Å²) in [5.41, 5.74) is 15.6. The maximum atomic E-state index is 8.36. The van der Waals surface area contributed by atoms with Crippen LogP contribution in [0.3, 0.4) is 0 Å². The van der Waals surface area contributed by atoms with Crippen LogP contribution in [0.25, 0.3) is 0 Å². The Bertz CT molecular complexity index is 1290. The molecule has 9 heteroatoms. The van der Waals surface area contributed by atoms with Crippen LogP contribution in [0.2, 0.25) is 5.02 Å². The molecule has 38 heavy (non-hydrogen) atoms. The second-order valence-corrected chi connectivity index (χ2v) is 9.79. The number of benzene rings is 2. The van der Waals surface area contributed by atoms with Gasteiger partial charge in [-0.15, -0.1) is 0 Å². The zero-order valence-corrected chi connectivity index (χ0v) is 22.9. The molecule has 3 atom stereocenters. The van der Waals surface area contributed by atoms with Crippen molar-refractivity contribution in [1.29, 1.82) is 0 Å². The van der Waals surface area contributed by atoms with Gasteiger partial charge in [-0.25, -0.2) is 10.4 Å². The molecule has 0 bridgehead atoms. The summed E-state index contributed by atoms with van der Waals surface area (Å²) in [4.78, 5) is 19.8. The SMILES string of the molecule is CC.CN=Cc1c(N)cccc1C1NN(c2ccc(N3CC4C(C)C4C3)nc2)c2c(Cl)cccc21.O=CO. The summed E-state index contributed by atoms with van der Waals surface area (Å²) in [6, 6.07) is 16.1. The van der Waals surface area contributed by atoms with E-state index < -0.39 is 0 Å². The van der Waals surface area contributed by atoms with Crippen LogP contribution >= 0.6 is 11.6 Å². The summed E-state index contributed by atoms with van der Waals surface area (Å²) in [5, 5.41) is 9.62. The number of rotatable bonds is 4. The van der Waals surface area contributed by atoms with Crippen molar-refractivity contribution in [3.63, 3.8) is 0 Å². The highest BCUT2D eigenvalue weighted by atomic mass is 35.5. The number of nitrogens with two attached hydrogens (primary N) is 1. The number of nitrogens with one attached hydrogen (secondary N) is 1. The fraction of sp³-hybridized carbons (Fsp3) is 0.345. The second-order valence-electron chi connectivity index (χ2n) is 9.38. The molecule has 4 N–H and O–H groups in total. The van der Waals surface area contributed by atoms with E-state index in [1.807, 2.05) is 55.5 Å². The molecule has 3 aliphatic rings. The molecular formula is C29H35ClN6O2. The molecule has 2 fully saturated rings. The number of para-hydroxylation sites is 1. The number of piperidine rings is 1. The van der Waals surface area contributed by atoms with Gasteiger partial charge in [-0.3, -0.25) is 14.8 Å². The van der Waals surface area contributed by atoms with E-state index in [1.54, 1.807) is 7.05 Å². The fourth-order valence-electron chi connectivity index (χ4n) is 5.54. The highest BCUT2D eigenvalue weighted by Gasteiger charge is 2.52. The van der Waals surface area contributed by atoms with Crippen LogP contribution < -0.4 is 21.1 Å². The average Bonchev–Trinajstić information content (AvgIpc) is 3.28. The van der Waals surface area contributed by atoms with E-state index in [0.29, 0.717) is 10.7 Å². The van der Waals surface area contributed by atoms with Gasteiger partial charge in [-0.05, 0) is 47.6 Å². The molecule has 1 saturated carbocycles. The zero-order chi connectivity index (χ0) is 27.4. The Morgan fingerprint density at radius 2 is 1.76 bits per heavy atom. The number of carbonyl (C=O) groups is 1. The number of carboxylic acid groups (broad SMARTS) is 1. The predicted octanol–water partition coefficient (Wildman–Crippen LogP) is 5.54. The Hall–Kier alpha value is -3.62. The predicted molar refractivity (Wildman–Crippen MR) is 156 cm³/mol. The highest BCUT2D eigenvalue weighted by Crippen LogP contribution is 2.52. The lowest BCUT2D eigenvalue weighted by Crippen LogP contribution is -2.31. The van der Waals surface area contributed by atoms with Gasteiger partial charge in [0.05, 0.1) is 28.6 Å². The van der Waals surface area contributed by atoms with Crippen LogP contribution in [0.4, 0.5) is 22.9 Å². The Morgan fingerprint density at radius 1 is 1.11 bits per heavy atom. The second kappa shape index (κ2) is 11.8. The van der Waals surface area contributed by atoms with E-state index in [0.717, 1.165) is 64.7 Å². The van der Waals surface area contributed by atoms with Gasteiger partial charge in [0.25, 0.3) is 6.47 Å². The van der Waals surface area contributed by atoms with Crippen molar-refractivity contribution in [2.75, 3.05) is 35.8 Å². The molecule has 1 aliphatic carbocycles. The maximum Gasteiger partial charge on any atom is 0.290 e. The Morgan fingerprint density at radius 3 is 2.39 bits per heavy atom. The van der Waals surface area contributed by atoms with Crippen molar-refractivity contribution in [3.05, 3.63) is 76.4 Å². The van der Waals surface area contributed by atoms with Crippen LogP contribution in [0.1, 0.15) is 43.5 Å². The summed E-state index contributed by atoms with van der Waals surface area (Å²) < 4.78 is 0. The van der Waals surface area contributed by atoms with E-state index >= 15 is 0 Å². The first-order valence-corrected chi connectivity index (χ1v) is 13.3.